The largest absolute Gasteiger partial charge is 0.394 e. The van der Waals surface area contributed by atoms with Crippen molar-refractivity contribution in [3.63, 3.8) is 0 Å². The first kappa shape index (κ1) is 14.2. The Hall–Kier alpha value is -0.170. The van der Waals surface area contributed by atoms with E-state index in [9.17, 15) is 13.5 Å². The third-order valence-corrected chi connectivity index (χ3v) is 6.14. The van der Waals surface area contributed by atoms with E-state index in [2.05, 4.69) is 4.90 Å². The molecule has 18 heavy (non-hydrogen) atoms. The van der Waals surface area contributed by atoms with Crippen molar-refractivity contribution in [2.45, 2.75) is 31.2 Å². The Balaban J connectivity index is 1.79. The summed E-state index contributed by atoms with van der Waals surface area (Å²) >= 11 is 0. The van der Waals surface area contributed by atoms with E-state index in [0.29, 0.717) is 19.0 Å². The van der Waals surface area contributed by atoms with Gasteiger partial charge in [-0.2, -0.15) is 0 Å². The summed E-state index contributed by atoms with van der Waals surface area (Å²) < 4.78 is 22.7. The van der Waals surface area contributed by atoms with Gasteiger partial charge in [0, 0.05) is 18.6 Å². The standard InChI is InChI=1S/C12H24N2O3S/c13-12(10-15)4-1-2-11(12)3-5-14-6-8-18(16,17)9-7-14/h11,15H,1-10,13H2. The van der Waals surface area contributed by atoms with Crippen LogP contribution < -0.4 is 5.73 Å². The first-order valence-corrected chi connectivity index (χ1v) is 8.60. The van der Waals surface area contributed by atoms with E-state index in [4.69, 9.17) is 5.73 Å². The Kier molecular flexibility index (Phi) is 4.31. The SMILES string of the molecule is NC1(CO)CCCC1CCN1CCS(=O)(=O)CC1. The summed E-state index contributed by atoms with van der Waals surface area (Å²) in [5.41, 5.74) is 5.80. The van der Waals surface area contributed by atoms with Gasteiger partial charge in [-0.15, -0.1) is 0 Å². The van der Waals surface area contributed by atoms with Gasteiger partial charge < -0.3 is 15.7 Å². The van der Waals surface area contributed by atoms with Gasteiger partial charge in [-0.3, -0.25) is 0 Å². The van der Waals surface area contributed by atoms with E-state index in [1.165, 1.54) is 0 Å². The quantitative estimate of drug-likeness (QED) is 0.730. The molecule has 3 N–H and O–H groups in total. The van der Waals surface area contributed by atoms with Crippen LogP contribution in [0.4, 0.5) is 0 Å². The van der Waals surface area contributed by atoms with Crippen LogP contribution in [-0.4, -0.2) is 61.7 Å². The second-order valence-electron chi connectivity index (χ2n) is 5.76. The van der Waals surface area contributed by atoms with Crippen LogP contribution in [0.5, 0.6) is 0 Å². The van der Waals surface area contributed by atoms with E-state index in [1.54, 1.807) is 0 Å². The van der Waals surface area contributed by atoms with Crippen LogP contribution in [0.2, 0.25) is 0 Å². The van der Waals surface area contributed by atoms with Gasteiger partial charge in [0.2, 0.25) is 0 Å². The maximum Gasteiger partial charge on any atom is 0.152 e. The molecule has 1 aliphatic heterocycles. The molecule has 106 valence electrons. The highest BCUT2D eigenvalue weighted by atomic mass is 32.2. The fourth-order valence-electron chi connectivity index (χ4n) is 3.12. The number of nitrogens with two attached hydrogens (primary N) is 1. The van der Waals surface area contributed by atoms with Crippen molar-refractivity contribution < 1.29 is 13.5 Å². The van der Waals surface area contributed by atoms with Crippen molar-refractivity contribution in [1.29, 1.82) is 0 Å². The van der Waals surface area contributed by atoms with Crippen LogP contribution in [0.15, 0.2) is 0 Å². The zero-order valence-electron chi connectivity index (χ0n) is 10.8. The van der Waals surface area contributed by atoms with Gasteiger partial charge in [0.05, 0.1) is 18.1 Å². The van der Waals surface area contributed by atoms with Crippen LogP contribution in [0.1, 0.15) is 25.7 Å². The van der Waals surface area contributed by atoms with Gasteiger partial charge in [0.1, 0.15) is 0 Å². The van der Waals surface area contributed by atoms with Gasteiger partial charge in [0.25, 0.3) is 0 Å². The minimum atomic E-state index is -2.79. The molecule has 0 aromatic heterocycles. The van der Waals surface area contributed by atoms with Gasteiger partial charge in [-0.25, -0.2) is 8.42 Å². The van der Waals surface area contributed by atoms with Crippen LogP contribution in [-0.2, 0) is 9.84 Å². The Morgan fingerprint density at radius 3 is 2.61 bits per heavy atom. The molecule has 1 saturated carbocycles. The van der Waals surface area contributed by atoms with Crippen LogP contribution >= 0.6 is 0 Å². The minimum Gasteiger partial charge on any atom is -0.394 e. The van der Waals surface area contributed by atoms with Crippen molar-refractivity contribution in [1.82, 2.24) is 4.90 Å². The van der Waals surface area contributed by atoms with Gasteiger partial charge >= 0.3 is 0 Å². The average molecular weight is 276 g/mol. The lowest BCUT2D eigenvalue weighted by Crippen LogP contribution is -2.48. The molecule has 0 spiro atoms. The first-order chi connectivity index (χ1) is 8.45. The molecule has 2 aliphatic rings. The molecule has 6 heteroatoms. The molecule has 2 rings (SSSR count). The minimum absolute atomic E-state index is 0.0616. The van der Waals surface area contributed by atoms with Gasteiger partial charge in [0.15, 0.2) is 9.84 Å². The monoisotopic (exact) mass is 276 g/mol. The highest BCUT2D eigenvalue weighted by molar-refractivity contribution is 7.91. The number of hydrogen-bond acceptors (Lipinski definition) is 5. The highest BCUT2D eigenvalue weighted by Gasteiger charge is 2.38. The van der Waals surface area contributed by atoms with Crippen molar-refractivity contribution in [2.75, 3.05) is 37.7 Å². The molecule has 0 radical (unpaired) electrons. The van der Waals surface area contributed by atoms with Crippen LogP contribution in [0, 0.1) is 5.92 Å². The topological polar surface area (TPSA) is 83.6 Å². The molecule has 2 atom stereocenters. The number of aliphatic hydroxyl groups is 1. The Morgan fingerprint density at radius 1 is 1.33 bits per heavy atom. The molecule has 2 fully saturated rings. The van der Waals surface area contributed by atoms with Crippen LogP contribution in [0.3, 0.4) is 0 Å². The number of sulfone groups is 1. The third kappa shape index (κ3) is 3.23. The third-order valence-electron chi connectivity index (χ3n) is 4.53. The summed E-state index contributed by atoms with van der Waals surface area (Å²) in [4.78, 5) is 2.21. The molecule has 2 unspecified atom stereocenters. The molecular weight excluding hydrogens is 252 g/mol. The van der Waals surface area contributed by atoms with Crippen molar-refractivity contribution >= 4 is 9.84 Å². The zero-order valence-corrected chi connectivity index (χ0v) is 11.7. The summed E-state index contributed by atoms with van der Waals surface area (Å²) in [6.45, 7) is 2.25. The lowest BCUT2D eigenvalue weighted by Gasteiger charge is -2.32. The molecule has 0 bridgehead atoms. The summed E-state index contributed by atoms with van der Waals surface area (Å²) in [5.74, 6) is 0.942. The molecule has 5 nitrogen and oxygen atoms in total. The maximum absolute atomic E-state index is 11.3. The molecule has 0 amide bonds. The predicted molar refractivity (Wildman–Crippen MR) is 71.1 cm³/mol. The normalized spacial score (nSPS) is 36.9. The first-order valence-electron chi connectivity index (χ1n) is 6.78. The second-order valence-corrected chi connectivity index (χ2v) is 8.07. The number of hydrogen-bond donors (Lipinski definition) is 2. The fraction of sp³-hybridized carbons (Fsp3) is 1.00. The lowest BCUT2D eigenvalue weighted by atomic mass is 9.86. The smallest absolute Gasteiger partial charge is 0.152 e. The number of rotatable bonds is 4. The molecule has 0 aromatic carbocycles. The Bertz CT molecular complexity index is 371. The zero-order chi connectivity index (χ0) is 13.2. The van der Waals surface area contributed by atoms with E-state index in [1.807, 2.05) is 0 Å². The number of nitrogens with zero attached hydrogens (tertiary/aromatic N) is 1. The molecule has 1 heterocycles. The molecule has 0 aromatic rings. The van der Waals surface area contributed by atoms with E-state index >= 15 is 0 Å². The van der Waals surface area contributed by atoms with Gasteiger partial charge in [-0.05, 0) is 31.7 Å². The fourth-order valence-corrected chi connectivity index (χ4v) is 4.40. The second kappa shape index (κ2) is 5.45. The molecule has 1 aliphatic carbocycles. The summed E-state index contributed by atoms with van der Waals surface area (Å²) in [6, 6.07) is 0. The highest BCUT2D eigenvalue weighted by Crippen LogP contribution is 2.35. The average Bonchev–Trinajstić information content (AvgIpc) is 2.70. The van der Waals surface area contributed by atoms with Crippen LogP contribution in [0.25, 0.3) is 0 Å². The maximum atomic E-state index is 11.3. The van der Waals surface area contributed by atoms with Crippen molar-refractivity contribution in [3.05, 3.63) is 0 Å². The summed E-state index contributed by atoms with van der Waals surface area (Å²) in [7, 11) is -2.79. The summed E-state index contributed by atoms with van der Waals surface area (Å²) in [6.07, 6.45) is 4.05. The Labute approximate surface area is 109 Å². The van der Waals surface area contributed by atoms with Crippen molar-refractivity contribution in [3.8, 4) is 0 Å². The summed E-state index contributed by atoms with van der Waals surface area (Å²) in [5, 5.41) is 9.38. The van der Waals surface area contributed by atoms with E-state index < -0.39 is 15.4 Å². The molecular formula is C12H24N2O3S. The van der Waals surface area contributed by atoms with Gasteiger partial charge in [-0.1, -0.05) is 6.42 Å². The predicted octanol–water partition coefficient (Wildman–Crippen LogP) is -0.403. The number of aliphatic hydroxyl groups excluding tert-OH is 1. The molecule has 1 saturated heterocycles. The van der Waals surface area contributed by atoms with Crippen molar-refractivity contribution in [2.24, 2.45) is 11.7 Å². The Morgan fingerprint density at radius 2 is 2.00 bits per heavy atom. The van der Waals surface area contributed by atoms with E-state index in [-0.39, 0.29) is 18.1 Å². The van der Waals surface area contributed by atoms with E-state index in [0.717, 1.165) is 32.2 Å². The lowest BCUT2D eigenvalue weighted by molar-refractivity contribution is 0.145.